The van der Waals surface area contributed by atoms with Crippen molar-refractivity contribution in [3.63, 3.8) is 0 Å². The number of carboxylic acids is 1. The third-order valence-corrected chi connectivity index (χ3v) is 3.83. The topological polar surface area (TPSA) is 76.1 Å². The molecule has 5 heteroatoms. The van der Waals surface area contributed by atoms with E-state index >= 15 is 0 Å². The van der Waals surface area contributed by atoms with E-state index in [2.05, 4.69) is 4.98 Å². The van der Waals surface area contributed by atoms with Gasteiger partial charge in [-0.25, -0.2) is 0 Å². The summed E-state index contributed by atoms with van der Waals surface area (Å²) in [5.41, 5.74) is 1.69. The van der Waals surface area contributed by atoms with E-state index in [1.807, 2.05) is 36.4 Å². The molecular weight excluding hydrogens is 305 g/mol. The number of para-hydroxylation sites is 1. The van der Waals surface area contributed by atoms with Gasteiger partial charge < -0.3 is 20.0 Å². The summed E-state index contributed by atoms with van der Waals surface area (Å²) >= 11 is 0. The first-order valence-corrected chi connectivity index (χ1v) is 6.52. The van der Waals surface area contributed by atoms with E-state index < -0.39 is 5.97 Å². The molecule has 4 nitrogen and oxygen atoms in total. The Balaban J connectivity index is 0.00000144. The summed E-state index contributed by atoms with van der Waals surface area (Å²) in [5, 5.41) is 24.5. The molecule has 0 fully saturated rings. The van der Waals surface area contributed by atoms with E-state index in [1.54, 1.807) is 0 Å². The van der Waals surface area contributed by atoms with Gasteiger partial charge in [0.15, 0.2) is 0 Å². The molecule has 0 atom stereocenters. The largest absolute Gasteiger partial charge is 1.00 e. The predicted molar refractivity (Wildman–Crippen MR) is 79.3 cm³/mol. The second-order valence-corrected chi connectivity index (χ2v) is 5.04. The number of nitrogens with one attached hydrogen (secondary N) is 1. The van der Waals surface area contributed by atoms with E-state index in [9.17, 15) is 15.0 Å². The molecule has 0 aliphatic rings. The molecular formula is C17H10KNO3. The average molecular weight is 315 g/mol. The van der Waals surface area contributed by atoms with Crippen molar-refractivity contribution < 1.29 is 66.4 Å². The van der Waals surface area contributed by atoms with Gasteiger partial charge in [0, 0.05) is 27.2 Å². The van der Waals surface area contributed by atoms with Crippen LogP contribution in [-0.4, -0.2) is 16.1 Å². The van der Waals surface area contributed by atoms with Gasteiger partial charge in [0.1, 0.15) is 5.75 Å². The van der Waals surface area contributed by atoms with Gasteiger partial charge in [0.25, 0.3) is 0 Å². The number of benzene rings is 3. The number of fused-ring (bicyclic) bond motifs is 5. The first kappa shape index (κ1) is 15.5. The summed E-state index contributed by atoms with van der Waals surface area (Å²) in [7, 11) is 0. The van der Waals surface area contributed by atoms with Crippen LogP contribution in [0.4, 0.5) is 0 Å². The van der Waals surface area contributed by atoms with Crippen LogP contribution in [0.5, 0.6) is 5.75 Å². The predicted octanol–water partition coefficient (Wildman–Crippen LogP) is -0.453. The van der Waals surface area contributed by atoms with Crippen LogP contribution in [0.25, 0.3) is 32.6 Å². The minimum absolute atomic E-state index is 0. The van der Waals surface area contributed by atoms with Gasteiger partial charge in [-0.3, -0.25) is 0 Å². The van der Waals surface area contributed by atoms with Crippen LogP contribution < -0.4 is 56.5 Å². The Morgan fingerprint density at radius 3 is 2.55 bits per heavy atom. The number of carbonyl (C=O) groups excluding carboxylic acids is 1. The Bertz CT molecular complexity index is 1040. The maximum absolute atomic E-state index is 11.0. The molecule has 3 aromatic carbocycles. The zero-order chi connectivity index (χ0) is 14.6. The minimum Gasteiger partial charge on any atom is -0.545 e. The summed E-state index contributed by atoms with van der Waals surface area (Å²) in [5.74, 6) is -1.67. The van der Waals surface area contributed by atoms with Crippen LogP contribution in [0.3, 0.4) is 0 Å². The fraction of sp³-hybridized carbons (Fsp3) is 0. The number of phenols is 1. The summed E-state index contributed by atoms with van der Waals surface area (Å²) in [6.45, 7) is 0. The number of H-pyrrole nitrogens is 1. The summed E-state index contributed by atoms with van der Waals surface area (Å²) in [6, 6.07) is 14.6. The number of carboxylic acid groups (broad SMARTS) is 1. The number of aromatic amines is 1. The van der Waals surface area contributed by atoms with Gasteiger partial charge in [-0.1, -0.05) is 30.3 Å². The van der Waals surface area contributed by atoms with Gasteiger partial charge in [0.05, 0.1) is 11.5 Å². The smallest absolute Gasteiger partial charge is 0.545 e. The SMILES string of the molecule is O=C([O-])c1cc2ccc3c4ccccc4[nH]c3c2cc1O.[K+]. The van der Waals surface area contributed by atoms with Crippen LogP contribution >= 0.6 is 0 Å². The molecule has 102 valence electrons. The van der Waals surface area contributed by atoms with Gasteiger partial charge in [-0.2, -0.15) is 0 Å². The fourth-order valence-corrected chi connectivity index (χ4v) is 2.85. The number of carbonyl (C=O) groups is 1. The van der Waals surface area contributed by atoms with Crippen LogP contribution in [0.2, 0.25) is 0 Å². The van der Waals surface area contributed by atoms with Gasteiger partial charge >= 0.3 is 51.4 Å². The number of aromatic nitrogens is 1. The van der Waals surface area contributed by atoms with Crippen molar-refractivity contribution in [1.82, 2.24) is 4.98 Å². The molecule has 0 bridgehead atoms. The molecule has 0 aliphatic carbocycles. The van der Waals surface area contributed by atoms with Crippen molar-refractivity contribution >= 4 is 38.5 Å². The van der Waals surface area contributed by atoms with Crippen molar-refractivity contribution in [2.45, 2.75) is 0 Å². The Kier molecular flexibility index (Phi) is 4.01. The Morgan fingerprint density at radius 2 is 1.77 bits per heavy atom. The maximum Gasteiger partial charge on any atom is 1.00 e. The van der Waals surface area contributed by atoms with Crippen LogP contribution in [0.1, 0.15) is 10.4 Å². The van der Waals surface area contributed by atoms with E-state index in [4.69, 9.17) is 0 Å². The summed E-state index contributed by atoms with van der Waals surface area (Å²) < 4.78 is 0. The zero-order valence-corrected chi connectivity index (χ0v) is 15.0. The van der Waals surface area contributed by atoms with E-state index in [0.717, 1.165) is 32.6 Å². The molecule has 0 radical (unpaired) electrons. The number of aromatic hydroxyl groups is 1. The number of rotatable bonds is 1. The third-order valence-electron chi connectivity index (χ3n) is 3.83. The van der Waals surface area contributed by atoms with Crippen LogP contribution in [0, 0.1) is 0 Å². The molecule has 0 saturated heterocycles. The van der Waals surface area contributed by atoms with Crippen LogP contribution in [-0.2, 0) is 0 Å². The van der Waals surface area contributed by atoms with Crippen molar-refractivity contribution in [3.05, 3.63) is 54.1 Å². The van der Waals surface area contributed by atoms with E-state index in [-0.39, 0.29) is 62.7 Å². The monoisotopic (exact) mass is 315 g/mol. The van der Waals surface area contributed by atoms with E-state index in [1.165, 1.54) is 12.1 Å². The number of hydrogen-bond donors (Lipinski definition) is 2. The van der Waals surface area contributed by atoms with Crippen molar-refractivity contribution in [2.24, 2.45) is 0 Å². The van der Waals surface area contributed by atoms with Crippen molar-refractivity contribution in [3.8, 4) is 5.75 Å². The number of hydrogen-bond acceptors (Lipinski definition) is 3. The molecule has 2 N–H and O–H groups in total. The molecule has 4 rings (SSSR count). The molecule has 0 amide bonds. The fourth-order valence-electron chi connectivity index (χ4n) is 2.85. The molecule has 0 unspecified atom stereocenters. The zero-order valence-electron chi connectivity index (χ0n) is 11.9. The average Bonchev–Trinajstić information content (AvgIpc) is 2.85. The molecule has 4 aromatic rings. The van der Waals surface area contributed by atoms with Gasteiger partial charge in [-0.15, -0.1) is 0 Å². The summed E-state index contributed by atoms with van der Waals surface area (Å²) in [6.07, 6.45) is 0. The Labute approximate surface area is 168 Å². The minimum atomic E-state index is -1.38. The molecule has 0 spiro atoms. The molecule has 1 aromatic heterocycles. The van der Waals surface area contributed by atoms with Crippen LogP contribution in [0.15, 0.2) is 48.5 Å². The van der Waals surface area contributed by atoms with Gasteiger partial charge in [-0.05, 0) is 23.6 Å². The molecule has 22 heavy (non-hydrogen) atoms. The normalized spacial score (nSPS) is 10.9. The summed E-state index contributed by atoms with van der Waals surface area (Å²) in [4.78, 5) is 14.3. The molecule has 0 aliphatic heterocycles. The quantitative estimate of drug-likeness (QED) is 0.467. The Morgan fingerprint density at radius 1 is 1.00 bits per heavy atom. The van der Waals surface area contributed by atoms with Crippen molar-refractivity contribution in [2.75, 3.05) is 0 Å². The first-order valence-electron chi connectivity index (χ1n) is 6.52. The first-order chi connectivity index (χ1) is 10.1. The molecule has 1 heterocycles. The standard InChI is InChI=1S/C17H11NO3.K/c19-15-8-12-9(7-13(15)17(20)21)5-6-11-10-3-1-2-4-14(10)18-16(11)12;/h1-8,18-19H,(H,20,21);/q;+1/p-1. The van der Waals surface area contributed by atoms with Gasteiger partial charge in [0.2, 0.25) is 0 Å². The second-order valence-electron chi connectivity index (χ2n) is 5.04. The van der Waals surface area contributed by atoms with E-state index in [0.29, 0.717) is 0 Å². The Hall–Kier alpha value is -1.37. The maximum atomic E-state index is 11.0. The third kappa shape index (κ3) is 2.26. The second kappa shape index (κ2) is 5.68. The molecule has 0 saturated carbocycles. The number of aromatic carboxylic acids is 1. The van der Waals surface area contributed by atoms with Crippen molar-refractivity contribution in [1.29, 1.82) is 0 Å².